The quantitative estimate of drug-likeness (QED) is 0.371. The number of aromatic nitrogens is 4. The number of hydrazine groups is 1. The van der Waals surface area contributed by atoms with Crippen LogP contribution in [-0.4, -0.2) is 31.4 Å². The molecular weight excluding hydrogens is 460 g/mol. The third-order valence-corrected chi connectivity index (χ3v) is 5.63. The van der Waals surface area contributed by atoms with Gasteiger partial charge < -0.3 is 4.42 Å². The highest BCUT2D eigenvalue weighted by molar-refractivity contribution is 6.06. The first kappa shape index (κ1) is 22.8. The second-order valence-electron chi connectivity index (χ2n) is 8.01. The van der Waals surface area contributed by atoms with Gasteiger partial charge in [0.15, 0.2) is 11.5 Å². The van der Waals surface area contributed by atoms with Gasteiger partial charge in [0.05, 0.1) is 16.6 Å². The second-order valence-corrected chi connectivity index (χ2v) is 8.01. The van der Waals surface area contributed by atoms with Gasteiger partial charge >= 0.3 is 0 Å². The normalized spacial score (nSPS) is 10.9. The SMILES string of the molecule is CCn1nc(C(=O)NNC(=O)c2cn(-c3ccccc3)nc2-c2ccc(C)o2)c2ccccc2c1=O. The van der Waals surface area contributed by atoms with Crippen LogP contribution in [-0.2, 0) is 6.54 Å². The fourth-order valence-electron chi connectivity index (χ4n) is 3.85. The predicted octanol–water partition coefficient (Wildman–Crippen LogP) is 3.25. The number of fused-ring (bicyclic) bond motifs is 1. The molecular formula is C26H22N6O4. The lowest BCUT2D eigenvalue weighted by Gasteiger charge is -2.10. The maximum atomic E-state index is 13.2. The summed E-state index contributed by atoms with van der Waals surface area (Å²) in [6.45, 7) is 3.85. The van der Waals surface area contributed by atoms with Crippen LogP contribution in [0.15, 0.2) is 82.1 Å². The first-order valence-electron chi connectivity index (χ1n) is 11.3. The van der Waals surface area contributed by atoms with E-state index in [4.69, 9.17) is 4.42 Å². The van der Waals surface area contributed by atoms with Crippen molar-refractivity contribution < 1.29 is 14.0 Å². The standard InChI is InChI=1S/C26H22N6O4/c1-3-31-26(35)19-12-8-7-11-18(19)23(30-31)25(34)28-27-24(33)20-15-32(17-9-5-4-6-10-17)29-22(20)21-14-13-16(2)36-21/h4-15H,3H2,1-2H3,(H,27,33)(H,28,34). The average molecular weight is 483 g/mol. The number of carbonyl (C=O) groups excluding carboxylic acids is 2. The summed E-state index contributed by atoms with van der Waals surface area (Å²) in [5.41, 5.74) is 5.85. The van der Waals surface area contributed by atoms with E-state index < -0.39 is 11.8 Å². The highest BCUT2D eigenvalue weighted by Crippen LogP contribution is 2.25. The molecule has 0 saturated heterocycles. The average Bonchev–Trinajstić information content (AvgIpc) is 3.54. The molecule has 0 radical (unpaired) electrons. The van der Waals surface area contributed by atoms with E-state index in [1.165, 1.54) is 4.68 Å². The van der Waals surface area contributed by atoms with Crippen molar-refractivity contribution in [1.29, 1.82) is 0 Å². The first-order valence-corrected chi connectivity index (χ1v) is 11.3. The number of amides is 2. The molecule has 0 saturated carbocycles. The Bertz CT molecular complexity index is 1650. The first-order chi connectivity index (χ1) is 17.5. The van der Waals surface area contributed by atoms with E-state index in [0.29, 0.717) is 34.5 Å². The van der Waals surface area contributed by atoms with Gasteiger partial charge in [0.2, 0.25) is 0 Å². The number of nitrogens with zero attached hydrogens (tertiary/aromatic N) is 4. The summed E-state index contributed by atoms with van der Waals surface area (Å²) in [6, 6.07) is 19.5. The highest BCUT2D eigenvalue weighted by atomic mass is 16.3. The van der Waals surface area contributed by atoms with Crippen molar-refractivity contribution in [2.45, 2.75) is 20.4 Å². The number of benzene rings is 2. The van der Waals surface area contributed by atoms with E-state index >= 15 is 0 Å². The van der Waals surface area contributed by atoms with Gasteiger partial charge in [0.25, 0.3) is 17.4 Å². The Morgan fingerprint density at radius 3 is 2.28 bits per heavy atom. The molecule has 0 atom stereocenters. The maximum Gasteiger partial charge on any atom is 0.290 e. The summed E-state index contributed by atoms with van der Waals surface area (Å²) < 4.78 is 8.48. The molecule has 3 aromatic heterocycles. The van der Waals surface area contributed by atoms with Crippen molar-refractivity contribution in [3.05, 3.63) is 100 Å². The van der Waals surface area contributed by atoms with Crippen LogP contribution in [0.4, 0.5) is 0 Å². The van der Waals surface area contributed by atoms with Crippen LogP contribution in [0.5, 0.6) is 0 Å². The van der Waals surface area contributed by atoms with Gasteiger partial charge in [0, 0.05) is 18.1 Å². The monoisotopic (exact) mass is 482 g/mol. The Morgan fingerprint density at radius 2 is 1.58 bits per heavy atom. The van der Waals surface area contributed by atoms with Gasteiger partial charge in [-0.1, -0.05) is 36.4 Å². The molecule has 180 valence electrons. The molecule has 5 aromatic rings. The van der Waals surface area contributed by atoms with Crippen molar-refractivity contribution in [2.24, 2.45) is 0 Å². The molecule has 0 unspecified atom stereocenters. The van der Waals surface area contributed by atoms with Crippen molar-refractivity contribution in [2.75, 3.05) is 0 Å². The van der Waals surface area contributed by atoms with E-state index in [1.807, 2.05) is 30.3 Å². The number of aryl methyl sites for hydroxylation is 2. The lowest BCUT2D eigenvalue weighted by atomic mass is 10.1. The van der Waals surface area contributed by atoms with E-state index in [9.17, 15) is 14.4 Å². The lowest BCUT2D eigenvalue weighted by Crippen LogP contribution is -2.42. The van der Waals surface area contributed by atoms with Crippen molar-refractivity contribution in [1.82, 2.24) is 30.4 Å². The van der Waals surface area contributed by atoms with Gasteiger partial charge in [-0.05, 0) is 44.2 Å². The summed E-state index contributed by atoms with van der Waals surface area (Å²) in [7, 11) is 0. The Kier molecular flexibility index (Phi) is 5.91. The Balaban J connectivity index is 1.45. The second kappa shape index (κ2) is 9.34. The molecule has 2 aromatic carbocycles. The Labute approximate surface area is 205 Å². The van der Waals surface area contributed by atoms with Crippen molar-refractivity contribution in [3.8, 4) is 17.1 Å². The van der Waals surface area contributed by atoms with Gasteiger partial charge in [-0.3, -0.25) is 25.2 Å². The highest BCUT2D eigenvalue weighted by Gasteiger charge is 2.22. The van der Waals surface area contributed by atoms with Gasteiger partial charge in [-0.25, -0.2) is 9.36 Å². The van der Waals surface area contributed by atoms with Gasteiger partial charge in [-0.15, -0.1) is 0 Å². The fraction of sp³-hybridized carbons (Fsp3) is 0.115. The number of hydrogen-bond acceptors (Lipinski definition) is 6. The molecule has 3 heterocycles. The third kappa shape index (κ3) is 4.16. The number of rotatable bonds is 5. The number of furan rings is 1. The van der Waals surface area contributed by atoms with E-state index in [2.05, 4.69) is 21.0 Å². The number of hydrogen-bond donors (Lipinski definition) is 2. The molecule has 36 heavy (non-hydrogen) atoms. The Hall–Kier alpha value is -4.99. The van der Waals surface area contributed by atoms with Crippen LogP contribution in [0.2, 0.25) is 0 Å². The van der Waals surface area contributed by atoms with Gasteiger partial charge in [-0.2, -0.15) is 10.2 Å². The van der Waals surface area contributed by atoms with E-state index in [-0.39, 0.29) is 16.8 Å². The van der Waals surface area contributed by atoms with Crippen molar-refractivity contribution >= 4 is 22.6 Å². The van der Waals surface area contributed by atoms with Crippen LogP contribution in [0, 0.1) is 6.92 Å². The molecule has 10 nitrogen and oxygen atoms in total. The zero-order valence-corrected chi connectivity index (χ0v) is 19.6. The molecule has 0 aliphatic rings. The third-order valence-electron chi connectivity index (χ3n) is 5.63. The predicted molar refractivity (Wildman–Crippen MR) is 133 cm³/mol. The zero-order chi connectivity index (χ0) is 25.2. The zero-order valence-electron chi connectivity index (χ0n) is 19.6. The number of nitrogens with one attached hydrogen (secondary N) is 2. The molecule has 0 fully saturated rings. The summed E-state index contributed by atoms with van der Waals surface area (Å²) in [6.07, 6.45) is 1.56. The van der Waals surface area contributed by atoms with Crippen LogP contribution < -0.4 is 16.4 Å². The summed E-state index contributed by atoms with van der Waals surface area (Å²) in [5.74, 6) is -0.167. The topological polar surface area (TPSA) is 124 Å². The smallest absolute Gasteiger partial charge is 0.290 e. The van der Waals surface area contributed by atoms with Crippen molar-refractivity contribution in [3.63, 3.8) is 0 Å². The largest absolute Gasteiger partial charge is 0.460 e. The van der Waals surface area contributed by atoms with E-state index in [0.717, 1.165) is 5.69 Å². The molecule has 0 bridgehead atoms. The minimum atomic E-state index is -0.660. The summed E-state index contributed by atoms with van der Waals surface area (Å²) in [5, 5.41) is 9.49. The molecule has 2 amide bonds. The fourth-order valence-corrected chi connectivity index (χ4v) is 3.85. The number of para-hydroxylation sites is 1. The minimum absolute atomic E-state index is 0.0224. The van der Waals surface area contributed by atoms with Gasteiger partial charge in [0.1, 0.15) is 11.5 Å². The minimum Gasteiger partial charge on any atom is -0.460 e. The van der Waals surface area contributed by atoms with Crippen LogP contribution in [0.25, 0.3) is 27.9 Å². The molecule has 0 aliphatic heterocycles. The summed E-state index contributed by atoms with van der Waals surface area (Å²) in [4.78, 5) is 38.7. The molecule has 2 N–H and O–H groups in total. The lowest BCUT2D eigenvalue weighted by molar-refractivity contribution is 0.0844. The molecule has 10 heteroatoms. The molecule has 0 spiro atoms. The molecule has 0 aliphatic carbocycles. The van der Waals surface area contributed by atoms with Crippen LogP contribution in [0.1, 0.15) is 33.5 Å². The molecule has 5 rings (SSSR count). The Morgan fingerprint density at radius 1 is 0.889 bits per heavy atom. The number of carbonyl (C=O) groups is 2. The van der Waals surface area contributed by atoms with Crippen LogP contribution >= 0.6 is 0 Å². The van der Waals surface area contributed by atoms with Crippen LogP contribution in [0.3, 0.4) is 0 Å². The van der Waals surface area contributed by atoms with E-state index in [1.54, 1.807) is 61.1 Å². The maximum absolute atomic E-state index is 13.2. The summed E-state index contributed by atoms with van der Waals surface area (Å²) >= 11 is 0.